The maximum Gasteiger partial charge on any atom is 0.232 e. The van der Waals surface area contributed by atoms with Crippen molar-refractivity contribution >= 4 is 17.5 Å². The topological polar surface area (TPSA) is 71.1 Å². The number of aryl methyl sites for hydroxylation is 2. The van der Waals surface area contributed by atoms with Crippen LogP contribution in [0.2, 0.25) is 5.02 Å². The highest BCUT2D eigenvalue weighted by Gasteiger charge is 2.09. The standard InChI is InChI=1S/C19H16ClN3O2/c1-12-9-16(7-8-17(12)20)25-15-5-3-14(4-6-15)11-22-19-18(10-21)23-13(2)24-19/h3-9,22H,11H2,1-2H3. The van der Waals surface area contributed by atoms with Crippen molar-refractivity contribution in [3.05, 3.63) is 70.2 Å². The number of halogens is 1. The van der Waals surface area contributed by atoms with Gasteiger partial charge < -0.3 is 14.5 Å². The molecule has 3 aromatic rings. The van der Waals surface area contributed by atoms with Crippen LogP contribution in [0.3, 0.4) is 0 Å². The van der Waals surface area contributed by atoms with Gasteiger partial charge in [0.25, 0.3) is 0 Å². The molecule has 0 saturated carbocycles. The molecule has 25 heavy (non-hydrogen) atoms. The lowest BCUT2D eigenvalue weighted by Crippen LogP contribution is -1.99. The predicted molar refractivity (Wildman–Crippen MR) is 96.0 cm³/mol. The van der Waals surface area contributed by atoms with Gasteiger partial charge in [-0.25, -0.2) is 4.98 Å². The maximum absolute atomic E-state index is 9.00. The normalized spacial score (nSPS) is 10.3. The van der Waals surface area contributed by atoms with Crippen LogP contribution >= 0.6 is 11.6 Å². The Balaban J connectivity index is 1.64. The molecule has 1 N–H and O–H groups in total. The van der Waals surface area contributed by atoms with Crippen molar-refractivity contribution < 1.29 is 9.15 Å². The van der Waals surface area contributed by atoms with E-state index in [0.717, 1.165) is 22.6 Å². The molecular weight excluding hydrogens is 338 g/mol. The zero-order valence-electron chi connectivity index (χ0n) is 13.8. The Hall–Kier alpha value is -2.97. The lowest BCUT2D eigenvalue weighted by Gasteiger charge is -2.08. The van der Waals surface area contributed by atoms with Gasteiger partial charge in [-0.3, -0.25) is 0 Å². The number of nitrogens with one attached hydrogen (secondary N) is 1. The van der Waals surface area contributed by atoms with E-state index in [1.54, 1.807) is 6.92 Å². The Labute approximate surface area is 150 Å². The molecule has 0 saturated heterocycles. The fourth-order valence-corrected chi connectivity index (χ4v) is 2.41. The number of ether oxygens (including phenoxy) is 1. The van der Waals surface area contributed by atoms with Crippen LogP contribution < -0.4 is 10.1 Å². The Morgan fingerprint density at radius 2 is 1.88 bits per heavy atom. The second-order valence-electron chi connectivity index (χ2n) is 5.53. The molecule has 0 fully saturated rings. The third kappa shape index (κ3) is 4.11. The van der Waals surface area contributed by atoms with Crippen molar-refractivity contribution in [2.45, 2.75) is 20.4 Å². The SMILES string of the molecule is Cc1nc(C#N)c(NCc2ccc(Oc3ccc(Cl)c(C)c3)cc2)o1. The highest BCUT2D eigenvalue weighted by molar-refractivity contribution is 6.31. The minimum Gasteiger partial charge on any atom is -0.457 e. The number of aromatic nitrogens is 1. The van der Waals surface area contributed by atoms with Crippen molar-refractivity contribution in [2.75, 3.05) is 5.32 Å². The summed E-state index contributed by atoms with van der Waals surface area (Å²) in [7, 11) is 0. The Bertz CT molecular complexity index is 927. The molecule has 1 heterocycles. The molecule has 0 atom stereocenters. The van der Waals surface area contributed by atoms with E-state index in [-0.39, 0.29) is 5.69 Å². The van der Waals surface area contributed by atoms with Gasteiger partial charge in [-0.05, 0) is 48.4 Å². The van der Waals surface area contributed by atoms with Gasteiger partial charge in [-0.15, -0.1) is 0 Å². The van der Waals surface area contributed by atoms with E-state index in [1.807, 2.05) is 55.5 Å². The van der Waals surface area contributed by atoms with Gasteiger partial charge in [0.1, 0.15) is 17.6 Å². The highest BCUT2D eigenvalue weighted by atomic mass is 35.5. The fourth-order valence-electron chi connectivity index (χ4n) is 2.30. The van der Waals surface area contributed by atoms with Crippen LogP contribution in [0.5, 0.6) is 11.5 Å². The van der Waals surface area contributed by atoms with Gasteiger partial charge in [0.2, 0.25) is 11.6 Å². The van der Waals surface area contributed by atoms with Gasteiger partial charge >= 0.3 is 0 Å². The minimum absolute atomic E-state index is 0.260. The second kappa shape index (κ2) is 7.29. The number of oxazole rings is 1. The predicted octanol–water partition coefficient (Wildman–Crippen LogP) is 5.22. The van der Waals surface area contributed by atoms with E-state index in [2.05, 4.69) is 10.3 Å². The number of rotatable bonds is 5. The van der Waals surface area contributed by atoms with Crippen molar-refractivity contribution in [3.8, 4) is 17.6 Å². The smallest absolute Gasteiger partial charge is 0.232 e. The first-order chi connectivity index (χ1) is 12.0. The summed E-state index contributed by atoms with van der Waals surface area (Å²) in [6.45, 7) is 4.16. The summed E-state index contributed by atoms with van der Waals surface area (Å²) >= 11 is 6.02. The third-order valence-corrected chi connectivity index (χ3v) is 4.01. The quantitative estimate of drug-likeness (QED) is 0.680. The summed E-state index contributed by atoms with van der Waals surface area (Å²) < 4.78 is 11.2. The average Bonchev–Trinajstić information content (AvgIpc) is 2.97. The van der Waals surface area contributed by atoms with E-state index in [9.17, 15) is 0 Å². The average molecular weight is 354 g/mol. The summed E-state index contributed by atoms with van der Waals surface area (Å²) in [6, 6.07) is 15.2. The summed E-state index contributed by atoms with van der Waals surface area (Å²) in [5.41, 5.74) is 2.25. The van der Waals surface area contributed by atoms with Gasteiger partial charge in [0.05, 0.1) is 0 Å². The molecule has 1 aromatic heterocycles. The molecular formula is C19H16ClN3O2. The van der Waals surface area contributed by atoms with E-state index in [1.165, 1.54) is 0 Å². The molecule has 0 radical (unpaired) electrons. The molecule has 0 unspecified atom stereocenters. The first-order valence-corrected chi connectivity index (χ1v) is 8.07. The van der Waals surface area contributed by atoms with Gasteiger partial charge in [-0.1, -0.05) is 23.7 Å². The molecule has 0 aliphatic heterocycles. The van der Waals surface area contributed by atoms with Gasteiger partial charge in [-0.2, -0.15) is 5.26 Å². The molecule has 3 rings (SSSR count). The largest absolute Gasteiger partial charge is 0.457 e. The van der Waals surface area contributed by atoms with Crippen LogP contribution in [0.15, 0.2) is 46.9 Å². The number of nitrogens with zero attached hydrogens (tertiary/aromatic N) is 2. The number of nitriles is 1. The summed E-state index contributed by atoms with van der Waals surface area (Å²) in [5.74, 6) is 2.32. The van der Waals surface area contributed by atoms with Crippen LogP contribution in [0.4, 0.5) is 5.88 Å². The van der Waals surface area contributed by atoms with E-state index in [0.29, 0.717) is 23.3 Å². The zero-order chi connectivity index (χ0) is 17.8. The number of benzene rings is 2. The molecule has 2 aromatic carbocycles. The van der Waals surface area contributed by atoms with Crippen LogP contribution in [0.25, 0.3) is 0 Å². The van der Waals surface area contributed by atoms with Gasteiger partial charge in [0, 0.05) is 18.5 Å². The number of anilines is 1. The summed E-state index contributed by atoms with van der Waals surface area (Å²) in [4.78, 5) is 4.00. The molecule has 0 aliphatic rings. The molecule has 0 aliphatic carbocycles. The van der Waals surface area contributed by atoms with Crippen LogP contribution in [-0.2, 0) is 6.54 Å². The molecule has 0 spiro atoms. The summed E-state index contributed by atoms with van der Waals surface area (Å²) in [5, 5.41) is 12.8. The van der Waals surface area contributed by atoms with E-state index < -0.39 is 0 Å². The second-order valence-corrected chi connectivity index (χ2v) is 5.94. The Morgan fingerprint density at radius 3 is 2.56 bits per heavy atom. The highest BCUT2D eigenvalue weighted by Crippen LogP contribution is 2.26. The summed E-state index contributed by atoms with van der Waals surface area (Å²) in [6.07, 6.45) is 0. The van der Waals surface area contributed by atoms with Crippen LogP contribution in [0.1, 0.15) is 22.7 Å². The van der Waals surface area contributed by atoms with Gasteiger partial charge in [0.15, 0.2) is 5.89 Å². The molecule has 6 heteroatoms. The Kier molecular flexibility index (Phi) is 4.92. The molecule has 5 nitrogen and oxygen atoms in total. The van der Waals surface area contributed by atoms with E-state index >= 15 is 0 Å². The van der Waals surface area contributed by atoms with Crippen molar-refractivity contribution in [1.82, 2.24) is 4.98 Å². The van der Waals surface area contributed by atoms with Crippen molar-refractivity contribution in [2.24, 2.45) is 0 Å². The monoisotopic (exact) mass is 353 g/mol. The zero-order valence-corrected chi connectivity index (χ0v) is 14.6. The fraction of sp³-hybridized carbons (Fsp3) is 0.158. The molecule has 0 bridgehead atoms. The number of hydrogen-bond acceptors (Lipinski definition) is 5. The maximum atomic E-state index is 9.00. The minimum atomic E-state index is 0.260. The first-order valence-electron chi connectivity index (χ1n) is 7.69. The van der Waals surface area contributed by atoms with E-state index in [4.69, 9.17) is 26.0 Å². The molecule has 126 valence electrons. The first kappa shape index (κ1) is 16.9. The lowest BCUT2D eigenvalue weighted by molar-refractivity contribution is 0.482. The molecule has 0 amide bonds. The lowest BCUT2D eigenvalue weighted by atomic mass is 10.2. The van der Waals surface area contributed by atoms with Crippen molar-refractivity contribution in [1.29, 1.82) is 5.26 Å². The third-order valence-electron chi connectivity index (χ3n) is 3.58. The van der Waals surface area contributed by atoms with Crippen LogP contribution in [0, 0.1) is 25.2 Å². The van der Waals surface area contributed by atoms with Crippen molar-refractivity contribution in [3.63, 3.8) is 0 Å². The van der Waals surface area contributed by atoms with Crippen LogP contribution in [-0.4, -0.2) is 4.98 Å². The Morgan fingerprint density at radius 1 is 1.16 bits per heavy atom. The number of hydrogen-bond donors (Lipinski definition) is 1.